The quantitative estimate of drug-likeness (QED) is 0.0244. The number of aliphatic hydroxyl groups excluding tert-OH is 1. The second-order valence-electron chi connectivity index (χ2n) is 13.4. The summed E-state index contributed by atoms with van der Waals surface area (Å²) in [5, 5.41) is 18.3. The van der Waals surface area contributed by atoms with Crippen molar-refractivity contribution in [1.82, 2.24) is 29.9 Å². The van der Waals surface area contributed by atoms with Crippen molar-refractivity contribution in [2.45, 2.75) is 83.1 Å². The maximum absolute atomic E-state index is 14.3. The minimum atomic E-state index is -4.06. The van der Waals surface area contributed by atoms with E-state index in [0.717, 1.165) is 49.3 Å². The molecular formula is C42H53ClN7O6P. The zero-order valence-corrected chi connectivity index (χ0v) is 33.9. The first-order valence-corrected chi connectivity index (χ1v) is 21.4. The third kappa shape index (κ3) is 13.8. The van der Waals surface area contributed by atoms with Crippen molar-refractivity contribution in [3.8, 4) is 5.75 Å². The molecule has 0 bridgehead atoms. The van der Waals surface area contributed by atoms with Crippen molar-refractivity contribution < 1.29 is 28.3 Å². The molecule has 1 aliphatic rings. The van der Waals surface area contributed by atoms with E-state index >= 15 is 0 Å². The second-order valence-corrected chi connectivity index (χ2v) is 15.4. The number of benzene rings is 2. The number of imidazole rings is 1. The molecule has 57 heavy (non-hydrogen) atoms. The van der Waals surface area contributed by atoms with Crippen LogP contribution in [0.5, 0.6) is 5.75 Å². The number of rotatable bonds is 23. The Labute approximate surface area is 339 Å². The molecule has 5 rings (SSSR count). The normalized spacial score (nSPS) is 18.7. The van der Waals surface area contributed by atoms with Gasteiger partial charge in [0.15, 0.2) is 11.5 Å². The molecule has 2 aromatic carbocycles. The van der Waals surface area contributed by atoms with Crippen molar-refractivity contribution >= 4 is 53.0 Å². The SMILES string of the molecule is CC/C=C\C/C=C\C/C=C\C/C=C\C/C=C\CCCC(=O)NCCNP(=O)(OC[C@H]1OC(n2cnc3c(N)nc(Cl)nc32)C[C@@H]1O)Oc1cccc2ccccc12. The number of nitrogens with two attached hydrogens (primary N) is 1. The molecule has 0 aliphatic carbocycles. The Morgan fingerprint density at radius 3 is 2.40 bits per heavy atom. The number of amides is 1. The third-order valence-corrected chi connectivity index (χ3v) is 10.7. The highest BCUT2D eigenvalue weighted by Gasteiger charge is 2.39. The molecule has 13 nitrogen and oxygen atoms in total. The number of hydrogen-bond acceptors (Lipinski definition) is 10. The smallest absolute Gasteiger partial charge is 0.413 e. The number of fused-ring (bicyclic) bond motifs is 2. The van der Waals surface area contributed by atoms with Gasteiger partial charge in [-0.3, -0.25) is 13.9 Å². The Morgan fingerprint density at radius 2 is 1.67 bits per heavy atom. The van der Waals surface area contributed by atoms with E-state index in [0.29, 0.717) is 29.8 Å². The average molecular weight is 818 g/mol. The highest BCUT2D eigenvalue weighted by atomic mass is 35.5. The number of unbranched alkanes of at least 4 members (excludes halogenated alkanes) is 1. The number of nitrogens with one attached hydrogen (secondary N) is 2. The molecule has 1 saturated heterocycles. The number of hydrogen-bond donors (Lipinski definition) is 4. The number of nitrogens with zero attached hydrogens (tertiary/aromatic N) is 4. The molecule has 5 N–H and O–H groups in total. The molecule has 4 atom stereocenters. The van der Waals surface area contributed by atoms with Gasteiger partial charge in [-0.05, 0) is 68.0 Å². The molecular weight excluding hydrogens is 765 g/mol. The van der Waals surface area contributed by atoms with Gasteiger partial charge in [-0.1, -0.05) is 104 Å². The van der Waals surface area contributed by atoms with E-state index in [1.54, 1.807) is 16.7 Å². The van der Waals surface area contributed by atoms with E-state index in [-0.39, 0.29) is 43.1 Å². The number of anilines is 1. The Kier molecular flexibility index (Phi) is 17.5. The van der Waals surface area contributed by atoms with Gasteiger partial charge in [0.05, 0.1) is 19.0 Å². The highest BCUT2D eigenvalue weighted by Crippen LogP contribution is 2.47. The molecule has 2 aromatic heterocycles. The van der Waals surface area contributed by atoms with Crippen molar-refractivity contribution in [2.24, 2.45) is 0 Å². The molecule has 2 unspecified atom stereocenters. The molecule has 1 amide bonds. The van der Waals surface area contributed by atoms with Crippen LogP contribution in [-0.4, -0.2) is 62.4 Å². The van der Waals surface area contributed by atoms with Gasteiger partial charge in [0.2, 0.25) is 11.2 Å². The maximum atomic E-state index is 14.3. The minimum absolute atomic E-state index is 0.0460. The number of aliphatic hydroxyl groups is 1. The van der Waals surface area contributed by atoms with Crippen LogP contribution in [0.4, 0.5) is 5.82 Å². The summed E-state index contributed by atoms with van der Waals surface area (Å²) in [5.74, 6) is 0.369. The Hall–Kier alpha value is -4.62. The molecule has 1 aliphatic heterocycles. The first kappa shape index (κ1) is 43.5. The Bertz CT molecular complexity index is 2100. The van der Waals surface area contributed by atoms with Crippen LogP contribution in [0.1, 0.15) is 70.9 Å². The van der Waals surface area contributed by atoms with E-state index in [1.165, 1.54) is 6.33 Å². The summed E-state index contributed by atoms with van der Waals surface area (Å²) in [6.07, 6.45) is 27.4. The summed E-state index contributed by atoms with van der Waals surface area (Å²) in [6, 6.07) is 13.0. The van der Waals surface area contributed by atoms with Crippen LogP contribution in [0.3, 0.4) is 0 Å². The summed E-state index contributed by atoms with van der Waals surface area (Å²) in [6.45, 7) is 2.17. The van der Waals surface area contributed by atoms with Crippen molar-refractivity contribution in [1.29, 1.82) is 0 Å². The number of halogens is 1. The molecule has 4 aromatic rings. The minimum Gasteiger partial charge on any atom is -0.413 e. The van der Waals surface area contributed by atoms with Crippen LogP contribution in [0.25, 0.3) is 21.9 Å². The molecule has 0 saturated carbocycles. The number of nitrogen functional groups attached to an aromatic ring is 1. The molecule has 0 spiro atoms. The molecule has 3 heterocycles. The summed E-state index contributed by atoms with van der Waals surface area (Å²) in [5.41, 5.74) is 6.66. The summed E-state index contributed by atoms with van der Waals surface area (Å²) in [4.78, 5) is 25.0. The fourth-order valence-corrected chi connectivity index (χ4v) is 7.60. The van der Waals surface area contributed by atoms with Gasteiger partial charge in [-0.25, -0.2) is 14.6 Å². The maximum Gasteiger partial charge on any atom is 0.458 e. The van der Waals surface area contributed by atoms with E-state index in [2.05, 4.69) is 93.0 Å². The zero-order chi connectivity index (χ0) is 40.3. The largest absolute Gasteiger partial charge is 0.458 e. The van der Waals surface area contributed by atoms with Crippen LogP contribution in [0, 0.1) is 0 Å². The topological polar surface area (TPSA) is 176 Å². The van der Waals surface area contributed by atoms with Crippen molar-refractivity contribution in [2.75, 3.05) is 25.4 Å². The van der Waals surface area contributed by atoms with Gasteiger partial charge in [0.1, 0.15) is 23.6 Å². The number of allylic oxidation sites excluding steroid dienone is 10. The van der Waals surface area contributed by atoms with Gasteiger partial charge < -0.3 is 25.4 Å². The van der Waals surface area contributed by atoms with Gasteiger partial charge in [0, 0.05) is 31.3 Å². The summed E-state index contributed by atoms with van der Waals surface area (Å²) >= 11 is 6.03. The molecule has 304 valence electrons. The van der Waals surface area contributed by atoms with Gasteiger partial charge >= 0.3 is 7.75 Å². The van der Waals surface area contributed by atoms with Crippen LogP contribution >= 0.6 is 19.3 Å². The average Bonchev–Trinajstić information content (AvgIpc) is 3.80. The Morgan fingerprint density at radius 1 is 0.982 bits per heavy atom. The van der Waals surface area contributed by atoms with Gasteiger partial charge in [-0.15, -0.1) is 0 Å². The lowest BCUT2D eigenvalue weighted by Gasteiger charge is -2.23. The van der Waals surface area contributed by atoms with E-state index in [4.69, 9.17) is 31.1 Å². The predicted octanol–water partition coefficient (Wildman–Crippen LogP) is 8.69. The van der Waals surface area contributed by atoms with E-state index in [1.807, 2.05) is 30.3 Å². The molecule has 15 heteroatoms. The first-order valence-electron chi connectivity index (χ1n) is 19.4. The Balaban J connectivity index is 1.06. The monoisotopic (exact) mass is 817 g/mol. The predicted molar refractivity (Wildman–Crippen MR) is 227 cm³/mol. The second kappa shape index (κ2) is 23.0. The fourth-order valence-electron chi connectivity index (χ4n) is 6.07. The standard InChI is InChI=1S/C42H53ClN7O6P/c1-2-3-4-5-6-7-8-9-10-11-12-13-14-15-16-17-18-26-37(52)45-27-28-47-57(53,56-35-25-21-23-32-22-19-20-24-33(32)35)54-30-36-34(51)29-38(55-36)50-31-46-39-40(44)48-42(43)49-41(39)50/h3-4,6-7,9-10,12-13,15-16,19-25,31,34,36,38,51H,2,5,8,11,14,17-18,26-30H2,1H3,(H,45,52)(H,47,53)(H2,44,48,49)/b4-3-,7-6-,10-9-,13-12-,16-15-/t34-,36+,38?,57?/m0/s1. The van der Waals surface area contributed by atoms with Crippen LogP contribution in [-0.2, 0) is 18.6 Å². The number of carbonyl (C=O) groups excluding carboxylic acids is 1. The summed E-state index contributed by atoms with van der Waals surface area (Å²) in [7, 11) is -4.06. The highest BCUT2D eigenvalue weighted by molar-refractivity contribution is 7.52. The first-order chi connectivity index (χ1) is 27.8. The lowest BCUT2D eigenvalue weighted by Crippen LogP contribution is -2.33. The molecule has 0 radical (unpaired) electrons. The van der Waals surface area contributed by atoms with Crippen molar-refractivity contribution in [3.63, 3.8) is 0 Å². The third-order valence-electron chi connectivity index (χ3n) is 9.00. The number of ether oxygens (including phenoxy) is 1. The van der Waals surface area contributed by atoms with E-state index in [9.17, 15) is 14.5 Å². The van der Waals surface area contributed by atoms with Crippen LogP contribution < -0.4 is 20.7 Å². The lowest BCUT2D eigenvalue weighted by molar-refractivity contribution is -0.121. The van der Waals surface area contributed by atoms with Gasteiger partial charge in [-0.2, -0.15) is 9.97 Å². The lowest BCUT2D eigenvalue weighted by atomic mass is 10.1. The number of aromatic nitrogens is 4. The zero-order valence-electron chi connectivity index (χ0n) is 32.3. The fraction of sp³-hybridized carbons (Fsp3) is 0.381. The van der Waals surface area contributed by atoms with Crippen LogP contribution in [0.2, 0.25) is 5.28 Å². The number of carbonyl (C=O) groups is 1. The van der Waals surface area contributed by atoms with Crippen molar-refractivity contribution in [3.05, 3.63) is 115 Å². The van der Waals surface area contributed by atoms with Gasteiger partial charge in [0.25, 0.3) is 0 Å². The van der Waals surface area contributed by atoms with Crippen LogP contribution in [0.15, 0.2) is 110 Å². The summed E-state index contributed by atoms with van der Waals surface area (Å²) < 4.78 is 34.0. The molecule has 1 fully saturated rings. The van der Waals surface area contributed by atoms with E-state index < -0.39 is 26.2 Å².